The van der Waals surface area contributed by atoms with E-state index >= 15 is 0 Å². The fraction of sp³-hybridized carbons (Fsp3) is 1.00. The first-order chi connectivity index (χ1) is 9.20. The Morgan fingerprint density at radius 1 is 1.16 bits per heavy atom. The lowest BCUT2D eigenvalue weighted by molar-refractivity contribution is 0.111. The highest BCUT2D eigenvalue weighted by Gasteiger charge is 2.16. The lowest BCUT2D eigenvalue weighted by Crippen LogP contribution is -2.35. The molecular formula is C16H34N2O. The van der Waals surface area contributed by atoms with E-state index in [4.69, 9.17) is 4.74 Å². The molecule has 0 bridgehead atoms. The summed E-state index contributed by atoms with van der Waals surface area (Å²) >= 11 is 0. The van der Waals surface area contributed by atoms with Crippen LogP contribution >= 0.6 is 0 Å². The van der Waals surface area contributed by atoms with Crippen LogP contribution in [0, 0.1) is 5.92 Å². The summed E-state index contributed by atoms with van der Waals surface area (Å²) < 4.78 is 5.54. The molecule has 19 heavy (non-hydrogen) atoms. The maximum atomic E-state index is 5.54. The number of rotatable bonds is 10. The molecule has 3 heteroatoms. The number of ether oxygens (including phenoxy) is 1. The van der Waals surface area contributed by atoms with E-state index in [0.29, 0.717) is 5.92 Å². The van der Waals surface area contributed by atoms with Crippen molar-refractivity contribution in [3.8, 4) is 0 Å². The molecule has 0 aromatic heterocycles. The Kier molecular flexibility index (Phi) is 9.48. The highest BCUT2D eigenvalue weighted by Crippen LogP contribution is 2.21. The molecule has 0 aliphatic heterocycles. The van der Waals surface area contributed by atoms with Crippen LogP contribution in [0.4, 0.5) is 0 Å². The SMILES string of the molecule is CC(C)COCCNCCCN(C)C1CCCCC1. The van der Waals surface area contributed by atoms with E-state index in [9.17, 15) is 0 Å². The van der Waals surface area contributed by atoms with Gasteiger partial charge in [-0.3, -0.25) is 0 Å². The Morgan fingerprint density at radius 2 is 1.89 bits per heavy atom. The molecule has 0 spiro atoms. The van der Waals surface area contributed by atoms with Crippen molar-refractivity contribution >= 4 is 0 Å². The molecule has 0 atom stereocenters. The summed E-state index contributed by atoms with van der Waals surface area (Å²) in [7, 11) is 2.29. The second-order valence-corrected chi connectivity index (χ2v) is 6.34. The maximum absolute atomic E-state index is 5.54. The molecule has 0 radical (unpaired) electrons. The maximum Gasteiger partial charge on any atom is 0.0591 e. The van der Waals surface area contributed by atoms with Gasteiger partial charge in [-0.05, 0) is 45.3 Å². The molecule has 114 valence electrons. The molecule has 3 nitrogen and oxygen atoms in total. The van der Waals surface area contributed by atoms with E-state index in [1.807, 2.05) is 0 Å². The first-order valence-electron chi connectivity index (χ1n) is 8.19. The van der Waals surface area contributed by atoms with Crippen molar-refractivity contribution < 1.29 is 4.74 Å². The fourth-order valence-electron chi connectivity index (χ4n) is 2.75. The minimum Gasteiger partial charge on any atom is -0.380 e. The summed E-state index contributed by atoms with van der Waals surface area (Å²) in [5.74, 6) is 0.643. The van der Waals surface area contributed by atoms with E-state index < -0.39 is 0 Å². The fourth-order valence-corrected chi connectivity index (χ4v) is 2.75. The zero-order valence-electron chi connectivity index (χ0n) is 13.3. The Balaban J connectivity index is 1.87. The van der Waals surface area contributed by atoms with Crippen LogP contribution in [0.2, 0.25) is 0 Å². The highest BCUT2D eigenvalue weighted by atomic mass is 16.5. The normalized spacial score (nSPS) is 17.5. The molecule has 0 unspecified atom stereocenters. The number of hydrogen-bond acceptors (Lipinski definition) is 3. The van der Waals surface area contributed by atoms with Gasteiger partial charge < -0.3 is 15.0 Å². The average molecular weight is 270 g/mol. The van der Waals surface area contributed by atoms with Gasteiger partial charge in [0.2, 0.25) is 0 Å². The van der Waals surface area contributed by atoms with Crippen molar-refractivity contribution in [1.29, 1.82) is 0 Å². The molecular weight excluding hydrogens is 236 g/mol. The van der Waals surface area contributed by atoms with Gasteiger partial charge in [0, 0.05) is 19.2 Å². The molecule has 1 saturated carbocycles. The van der Waals surface area contributed by atoms with Crippen LogP contribution in [0.1, 0.15) is 52.4 Å². The third-order valence-electron chi connectivity index (χ3n) is 3.94. The first-order valence-corrected chi connectivity index (χ1v) is 8.19. The van der Waals surface area contributed by atoms with E-state index in [1.54, 1.807) is 0 Å². The average Bonchev–Trinajstić information content (AvgIpc) is 2.42. The molecule has 1 aliphatic carbocycles. The van der Waals surface area contributed by atoms with Gasteiger partial charge in [0.1, 0.15) is 0 Å². The van der Waals surface area contributed by atoms with Gasteiger partial charge in [0.15, 0.2) is 0 Å². The van der Waals surface area contributed by atoms with E-state index in [1.165, 1.54) is 45.1 Å². The van der Waals surface area contributed by atoms with Crippen molar-refractivity contribution in [2.45, 2.75) is 58.4 Å². The van der Waals surface area contributed by atoms with Crippen LogP contribution in [0.25, 0.3) is 0 Å². The minimum atomic E-state index is 0.643. The van der Waals surface area contributed by atoms with Crippen LogP contribution in [0.3, 0.4) is 0 Å². The second-order valence-electron chi connectivity index (χ2n) is 6.34. The zero-order valence-corrected chi connectivity index (χ0v) is 13.3. The summed E-state index contributed by atoms with van der Waals surface area (Å²) in [6.45, 7) is 9.43. The van der Waals surface area contributed by atoms with Gasteiger partial charge in [0.05, 0.1) is 6.61 Å². The van der Waals surface area contributed by atoms with Crippen LogP contribution in [0.5, 0.6) is 0 Å². The van der Waals surface area contributed by atoms with Crippen molar-refractivity contribution in [1.82, 2.24) is 10.2 Å². The molecule has 0 aromatic carbocycles. The lowest BCUT2D eigenvalue weighted by Gasteiger charge is -2.31. The topological polar surface area (TPSA) is 24.5 Å². The number of hydrogen-bond donors (Lipinski definition) is 1. The molecule has 1 aliphatic rings. The molecule has 0 saturated heterocycles. The smallest absolute Gasteiger partial charge is 0.0591 e. The second kappa shape index (κ2) is 10.6. The number of nitrogens with one attached hydrogen (secondary N) is 1. The van der Waals surface area contributed by atoms with E-state index in [0.717, 1.165) is 32.3 Å². The standard InChI is InChI=1S/C16H34N2O/c1-15(2)14-19-13-11-17-10-7-12-18(3)16-8-5-4-6-9-16/h15-17H,4-14H2,1-3H3. The third-order valence-corrected chi connectivity index (χ3v) is 3.94. The van der Waals surface area contributed by atoms with Gasteiger partial charge in [-0.1, -0.05) is 33.1 Å². The molecule has 0 aromatic rings. The Morgan fingerprint density at radius 3 is 2.58 bits per heavy atom. The molecule has 1 rings (SSSR count). The van der Waals surface area contributed by atoms with Crippen molar-refractivity contribution in [2.75, 3.05) is 39.9 Å². The van der Waals surface area contributed by atoms with Crippen LogP contribution < -0.4 is 5.32 Å². The van der Waals surface area contributed by atoms with Crippen LogP contribution in [-0.2, 0) is 4.74 Å². The van der Waals surface area contributed by atoms with Gasteiger partial charge in [-0.25, -0.2) is 0 Å². The highest BCUT2D eigenvalue weighted by molar-refractivity contribution is 4.73. The Hall–Kier alpha value is -0.120. The van der Waals surface area contributed by atoms with Gasteiger partial charge in [-0.15, -0.1) is 0 Å². The Bertz CT molecular complexity index is 203. The minimum absolute atomic E-state index is 0.643. The van der Waals surface area contributed by atoms with E-state index in [-0.39, 0.29) is 0 Å². The predicted molar refractivity (Wildman–Crippen MR) is 82.6 cm³/mol. The largest absolute Gasteiger partial charge is 0.380 e. The summed E-state index contributed by atoms with van der Waals surface area (Å²) in [6.07, 6.45) is 8.38. The molecule has 1 N–H and O–H groups in total. The first kappa shape index (κ1) is 16.9. The quantitative estimate of drug-likeness (QED) is 0.618. The summed E-state index contributed by atoms with van der Waals surface area (Å²) in [5, 5.41) is 3.47. The Labute approximate surface area is 120 Å². The van der Waals surface area contributed by atoms with Crippen molar-refractivity contribution in [3.63, 3.8) is 0 Å². The third kappa shape index (κ3) is 8.61. The number of nitrogens with zero attached hydrogens (tertiary/aromatic N) is 1. The monoisotopic (exact) mass is 270 g/mol. The van der Waals surface area contributed by atoms with Crippen LogP contribution in [-0.4, -0.2) is 50.8 Å². The van der Waals surface area contributed by atoms with Gasteiger partial charge >= 0.3 is 0 Å². The predicted octanol–water partition coefficient (Wildman–Crippen LogP) is 2.90. The zero-order chi connectivity index (χ0) is 13.9. The van der Waals surface area contributed by atoms with Crippen LogP contribution in [0.15, 0.2) is 0 Å². The van der Waals surface area contributed by atoms with Crippen molar-refractivity contribution in [2.24, 2.45) is 5.92 Å². The van der Waals surface area contributed by atoms with E-state index in [2.05, 4.69) is 31.1 Å². The van der Waals surface area contributed by atoms with Crippen molar-refractivity contribution in [3.05, 3.63) is 0 Å². The van der Waals surface area contributed by atoms with Gasteiger partial charge in [0.25, 0.3) is 0 Å². The summed E-state index contributed by atoms with van der Waals surface area (Å²) in [4.78, 5) is 2.57. The lowest BCUT2D eigenvalue weighted by atomic mass is 9.94. The molecule has 0 amide bonds. The molecule has 1 fully saturated rings. The van der Waals surface area contributed by atoms with Gasteiger partial charge in [-0.2, -0.15) is 0 Å². The summed E-state index contributed by atoms with van der Waals surface area (Å²) in [6, 6.07) is 0.850. The molecule has 0 heterocycles. The summed E-state index contributed by atoms with van der Waals surface area (Å²) in [5.41, 5.74) is 0.